The summed E-state index contributed by atoms with van der Waals surface area (Å²) in [5.41, 5.74) is 4.68. The van der Waals surface area contributed by atoms with E-state index in [9.17, 15) is 9.59 Å². The Labute approximate surface area is 190 Å². The third-order valence-electron chi connectivity index (χ3n) is 5.26. The quantitative estimate of drug-likeness (QED) is 0.619. The summed E-state index contributed by atoms with van der Waals surface area (Å²) in [6, 6.07) is 7.29. The molecule has 2 aromatic carbocycles. The van der Waals surface area contributed by atoms with Gasteiger partial charge in [0.05, 0.1) is 21.3 Å². The minimum atomic E-state index is -0.524. The molecule has 0 unspecified atom stereocenters. The summed E-state index contributed by atoms with van der Waals surface area (Å²) >= 11 is 0. The summed E-state index contributed by atoms with van der Waals surface area (Å²) in [7, 11) is 4.42. The van der Waals surface area contributed by atoms with Crippen LogP contribution in [0.15, 0.2) is 24.3 Å². The van der Waals surface area contributed by atoms with E-state index >= 15 is 0 Å². The molecule has 1 N–H and O–H groups in total. The maximum Gasteiger partial charge on any atom is 0.325 e. The number of ether oxygens (including phenoxy) is 4. The molecule has 7 nitrogen and oxygen atoms in total. The number of benzene rings is 2. The highest BCUT2D eigenvalue weighted by Crippen LogP contribution is 2.38. The van der Waals surface area contributed by atoms with E-state index in [0.29, 0.717) is 17.2 Å². The summed E-state index contributed by atoms with van der Waals surface area (Å²) in [6.45, 7) is 10.4. The van der Waals surface area contributed by atoms with Crippen molar-refractivity contribution in [1.29, 1.82) is 0 Å². The third kappa shape index (κ3) is 5.93. The van der Waals surface area contributed by atoms with Crippen molar-refractivity contribution in [2.45, 2.75) is 46.6 Å². The fourth-order valence-corrected chi connectivity index (χ4v) is 3.32. The molecule has 0 saturated carbocycles. The van der Waals surface area contributed by atoms with Gasteiger partial charge < -0.3 is 24.3 Å². The highest BCUT2D eigenvalue weighted by molar-refractivity contribution is 5.97. The summed E-state index contributed by atoms with van der Waals surface area (Å²) in [5, 5.41) is 2.57. The van der Waals surface area contributed by atoms with Gasteiger partial charge in [-0.1, -0.05) is 32.9 Å². The van der Waals surface area contributed by atoms with E-state index in [1.807, 2.05) is 13.8 Å². The maximum absolute atomic E-state index is 12.5. The number of carbonyl (C=O) groups excluding carboxylic acids is 2. The molecule has 0 aliphatic rings. The van der Waals surface area contributed by atoms with E-state index in [1.54, 1.807) is 0 Å². The van der Waals surface area contributed by atoms with Gasteiger partial charge in [0.1, 0.15) is 13.2 Å². The van der Waals surface area contributed by atoms with Crippen LogP contribution in [0.25, 0.3) is 0 Å². The second-order valence-corrected chi connectivity index (χ2v) is 8.60. The Balaban J connectivity index is 2.01. The highest BCUT2D eigenvalue weighted by atomic mass is 16.5. The molecular weight excluding hydrogens is 410 g/mol. The van der Waals surface area contributed by atoms with Crippen molar-refractivity contribution in [3.05, 3.63) is 52.1 Å². The zero-order valence-electron chi connectivity index (χ0n) is 20.2. The smallest absolute Gasteiger partial charge is 0.325 e. The van der Waals surface area contributed by atoms with Crippen LogP contribution in [0.4, 0.5) is 0 Å². The van der Waals surface area contributed by atoms with E-state index in [2.05, 4.69) is 38.2 Å². The molecule has 0 saturated heterocycles. The van der Waals surface area contributed by atoms with Crippen LogP contribution >= 0.6 is 0 Å². The molecule has 0 atom stereocenters. The minimum absolute atomic E-state index is 0.0435. The molecule has 0 bridgehead atoms. The summed E-state index contributed by atoms with van der Waals surface area (Å²) in [5.74, 6) is 0.107. The molecule has 7 heteroatoms. The van der Waals surface area contributed by atoms with E-state index in [-0.39, 0.29) is 24.1 Å². The van der Waals surface area contributed by atoms with Crippen LogP contribution in [0.2, 0.25) is 0 Å². The second-order valence-electron chi connectivity index (χ2n) is 8.60. The van der Waals surface area contributed by atoms with Crippen molar-refractivity contribution < 1.29 is 28.5 Å². The number of nitrogens with one attached hydrogen (secondary N) is 1. The largest absolute Gasteiger partial charge is 0.493 e. The fourth-order valence-electron chi connectivity index (χ4n) is 3.32. The Bertz CT molecular complexity index is 942. The summed E-state index contributed by atoms with van der Waals surface area (Å²) in [4.78, 5) is 24.8. The van der Waals surface area contributed by atoms with Crippen molar-refractivity contribution in [2.75, 3.05) is 27.9 Å². The molecule has 2 rings (SSSR count). The zero-order valence-corrected chi connectivity index (χ0v) is 20.2. The topological polar surface area (TPSA) is 83.1 Å². The molecule has 0 aliphatic carbocycles. The van der Waals surface area contributed by atoms with Crippen molar-refractivity contribution >= 4 is 11.9 Å². The zero-order chi connectivity index (χ0) is 24.1. The van der Waals surface area contributed by atoms with E-state index in [4.69, 9.17) is 18.9 Å². The van der Waals surface area contributed by atoms with Gasteiger partial charge in [-0.05, 0) is 53.6 Å². The van der Waals surface area contributed by atoms with Gasteiger partial charge in [-0.3, -0.25) is 9.59 Å². The van der Waals surface area contributed by atoms with Crippen LogP contribution in [-0.2, 0) is 21.6 Å². The van der Waals surface area contributed by atoms with Gasteiger partial charge in [0.15, 0.2) is 11.5 Å². The number of hydrogen-bond acceptors (Lipinski definition) is 6. The van der Waals surface area contributed by atoms with Crippen LogP contribution in [0.5, 0.6) is 17.2 Å². The SMILES string of the molecule is COc1cc(C(=O)NCC(=O)OCc2c(C)cc(C(C)(C)C)cc2C)cc(OC)c1OC. The number of carbonyl (C=O) groups is 2. The molecule has 0 spiro atoms. The molecule has 0 aliphatic heterocycles. The summed E-state index contributed by atoms with van der Waals surface area (Å²) in [6.07, 6.45) is 0. The monoisotopic (exact) mass is 443 g/mol. The predicted molar refractivity (Wildman–Crippen MR) is 123 cm³/mol. The van der Waals surface area contributed by atoms with Crippen molar-refractivity contribution in [1.82, 2.24) is 5.32 Å². The first-order valence-corrected chi connectivity index (χ1v) is 10.4. The lowest BCUT2D eigenvalue weighted by molar-refractivity contribution is -0.143. The lowest BCUT2D eigenvalue weighted by atomic mass is 9.84. The average molecular weight is 444 g/mol. The molecular formula is C25H33NO6. The minimum Gasteiger partial charge on any atom is -0.493 e. The molecule has 0 fully saturated rings. The van der Waals surface area contributed by atoms with Gasteiger partial charge in [-0.25, -0.2) is 0 Å². The number of esters is 1. The third-order valence-corrected chi connectivity index (χ3v) is 5.26. The molecule has 0 aromatic heterocycles. The predicted octanol–water partition coefficient (Wildman–Crippen LogP) is 4.10. The van der Waals surface area contributed by atoms with Crippen molar-refractivity contribution in [3.63, 3.8) is 0 Å². The molecule has 0 radical (unpaired) electrons. The Morgan fingerprint density at radius 2 is 1.41 bits per heavy atom. The van der Waals surface area contributed by atoms with Gasteiger partial charge >= 0.3 is 5.97 Å². The molecule has 32 heavy (non-hydrogen) atoms. The van der Waals surface area contributed by atoms with Crippen molar-refractivity contribution in [2.24, 2.45) is 0 Å². The van der Waals surface area contributed by atoms with Crippen LogP contribution in [-0.4, -0.2) is 39.8 Å². The first-order valence-electron chi connectivity index (χ1n) is 10.4. The number of methoxy groups -OCH3 is 3. The van der Waals surface area contributed by atoms with E-state index in [1.165, 1.54) is 39.0 Å². The Kier molecular flexibility index (Phi) is 8.14. The molecule has 0 heterocycles. The Hall–Kier alpha value is -3.22. The van der Waals surface area contributed by atoms with Crippen LogP contribution < -0.4 is 19.5 Å². The van der Waals surface area contributed by atoms with Gasteiger partial charge in [0.2, 0.25) is 5.75 Å². The number of rotatable bonds is 8. The number of amides is 1. The molecule has 2 aromatic rings. The highest BCUT2D eigenvalue weighted by Gasteiger charge is 2.19. The maximum atomic E-state index is 12.5. The van der Waals surface area contributed by atoms with E-state index in [0.717, 1.165) is 16.7 Å². The lowest BCUT2D eigenvalue weighted by Gasteiger charge is -2.22. The lowest BCUT2D eigenvalue weighted by Crippen LogP contribution is -2.30. The first kappa shape index (κ1) is 25.0. The van der Waals surface area contributed by atoms with Gasteiger partial charge in [0, 0.05) is 5.56 Å². The molecule has 1 amide bonds. The van der Waals surface area contributed by atoms with Gasteiger partial charge in [0.25, 0.3) is 5.91 Å². The standard InChI is InChI=1S/C25H33NO6/c1-15-9-18(25(3,4)5)10-16(2)19(15)14-32-22(27)13-26-24(28)17-11-20(29-6)23(31-8)21(12-17)30-7/h9-12H,13-14H2,1-8H3,(H,26,28). The van der Waals surface area contributed by atoms with Crippen LogP contribution in [0.3, 0.4) is 0 Å². The second kappa shape index (κ2) is 10.4. The average Bonchev–Trinajstić information content (AvgIpc) is 2.74. The first-order chi connectivity index (χ1) is 15.0. The van der Waals surface area contributed by atoms with Crippen LogP contribution in [0.1, 0.15) is 53.4 Å². The van der Waals surface area contributed by atoms with Gasteiger partial charge in [-0.15, -0.1) is 0 Å². The van der Waals surface area contributed by atoms with Crippen LogP contribution in [0, 0.1) is 13.8 Å². The van der Waals surface area contributed by atoms with Gasteiger partial charge in [-0.2, -0.15) is 0 Å². The molecule has 174 valence electrons. The summed E-state index contributed by atoms with van der Waals surface area (Å²) < 4.78 is 21.2. The number of aryl methyl sites for hydroxylation is 2. The van der Waals surface area contributed by atoms with E-state index < -0.39 is 11.9 Å². The Morgan fingerprint density at radius 3 is 1.84 bits per heavy atom. The fraction of sp³-hybridized carbons (Fsp3) is 0.440. The van der Waals surface area contributed by atoms with Crippen molar-refractivity contribution in [3.8, 4) is 17.2 Å². The number of hydrogen-bond donors (Lipinski definition) is 1. The normalized spacial score (nSPS) is 11.0. The Morgan fingerprint density at radius 1 is 0.875 bits per heavy atom.